The SMILES string of the molecule is Cc1ccc(C)c(NC(=O)C(C)SC2CCNCC2)c1. The second-order valence-electron chi connectivity index (χ2n) is 5.54. The third kappa shape index (κ3) is 4.25. The molecule has 4 heteroatoms. The summed E-state index contributed by atoms with van der Waals surface area (Å²) in [5.41, 5.74) is 3.22. The number of rotatable bonds is 4. The zero-order chi connectivity index (χ0) is 14.5. The van der Waals surface area contributed by atoms with Crippen molar-refractivity contribution in [3.8, 4) is 0 Å². The fraction of sp³-hybridized carbons (Fsp3) is 0.562. The van der Waals surface area contributed by atoms with Gasteiger partial charge >= 0.3 is 0 Å². The van der Waals surface area contributed by atoms with E-state index in [9.17, 15) is 4.79 Å². The van der Waals surface area contributed by atoms with E-state index in [1.807, 2.05) is 26.8 Å². The van der Waals surface area contributed by atoms with Gasteiger partial charge in [-0.05, 0) is 63.9 Å². The Bertz CT molecular complexity index is 470. The minimum absolute atomic E-state index is 0.00184. The van der Waals surface area contributed by atoms with Crippen molar-refractivity contribution in [1.29, 1.82) is 0 Å². The van der Waals surface area contributed by atoms with Gasteiger partial charge in [-0.25, -0.2) is 0 Å². The molecule has 1 aromatic carbocycles. The van der Waals surface area contributed by atoms with Gasteiger partial charge in [-0.3, -0.25) is 4.79 Å². The Hall–Kier alpha value is -1.00. The molecule has 1 aliphatic rings. The summed E-state index contributed by atoms with van der Waals surface area (Å²) in [6.45, 7) is 8.22. The average Bonchev–Trinajstić information content (AvgIpc) is 2.44. The van der Waals surface area contributed by atoms with Crippen LogP contribution < -0.4 is 10.6 Å². The number of carbonyl (C=O) groups excluding carboxylic acids is 1. The first-order valence-corrected chi connectivity index (χ1v) is 8.25. The van der Waals surface area contributed by atoms with E-state index in [2.05, 4.69) is 22.8 Å². The molecular formula is C16H24N2OS. The highest BCUT2D eigenvalue weighted by molar-refractivity contribution is 8.01. The van der Waals surface area contributed by atoms with Crippen molar-refractivity contribution in [2.75, 3.05) is 18.4 Å². The molecule has 1 aliphatic heterocycles. The lowest BCUT2D eigenvalue weighted by atomic mass is 10.1. The molecule has 1 heterocycles. The molecule has 1 unspecified atom stereocenters. The molecule has 1 atom stereocenters. The first-order valence-electron chi connectivity index (χ1n) is 7.30. The van der Waals surface area contributed by atoms with Crippen LogP contribution in [0, 0.1) is 13.8 Å². The number of aryl methyl sites for hydroxylation is 2. The monoisotopic (exact) mass is 292 g/mol. The maximum Gasteiger partial charge on any atom is 0.237 e. The lowest BCUT2D eigenvalue weighted by Crippen LogP contribution is -2.32. The predicted molar refractivity (Wildman–Crippen MR) is 87.5 cm³/mol. The van der Waals surface area contributed by atoms with Crippen LogP contribution in [0.4, 0.5) is 5.69 Å². The fourth-order valence-electron chi connectivity index (χ4n) is 2.39. The number of thioether (sulfide) groups is 1. The summed E-state index contributed by atoms with van der Waals surface area (Å²) >= 11 is 1.81. The lowest BCUT2D eigenvalue weighted by Gasteiger charge is -2.24. The number of amides is 1. The maximum atomic E-state index is 12.3. The summed E-state index contributed by atoms with van der Waals surface area (Å²) in [6.07, 6.45) is 2.32. The molecule has 1 aromatic rings. The van der Waals surface area contributed by atoms with E-state index in [0.717, 1.165) is 37.2 Å². The van der Waals surface area contributed by atoms with E-state index in [-0.39, 0.29) is 11.2 Å². The Morgan fingerprint density at radius 2 is 2.05 bits per heavy atom. The highest BCUT2D eigenvalue weighted by atomic mass is 32.2. The number of piperidine rings is 1. The second kappa shape index (κ2) is 7.14. The van der Waals surface area contributed by atoms with Crippen molar-refractivity contribution in [1.82, 2.24) is 5.32 Å². The molecule has 1 saturated heterocycles. The first kappa shape index (κ1) is 15.4. The van der Waals surface area contributed by atoms with Gasteiger partial charge in [0, 0.05) is 10.9 Å². The van der Waals surface area contributed by atoms with Crippen LogP contribution in [-0.2, 0) is 4.79 Å². The molecule has 0 radical (unpaired) electrons. The lowest BCUT2D eigenvalue weighted by molar-refractivity contribution is -0.115. The van der Waals surface area contributed by atoms with Gasteiger partial charge in [0.05, 0.1) is 5.25 Å². The molecule has 0 aliphatic carbocycles. The van der Waals surface area contributed by atoms with Crippen molar-refractivity contribution in [2.45, 2.75) is 44.1 Å². The second-order valence-corrected chi connectivity index (χ2v) is 7.18. The molecule has 3 nitrogen and oxygen atoms in total. The van der Waals surface area contributed by atoms with E-state index in [4.69, 9.17) is 0 Å². The Morgan fingerprint density at radius 1 is 1.35 bits per heavy atom. The number of carbonyl (C=O) groups is 1. The number of hydrogen-bond donors (Lipinski definition) is 2. The molecule has 2 N–H and O–H groups in total. The molecule has 0 aromatic heterocycles. The Balaban J connectivity index is 1.91. The normalized spacial score (nSPS) is 17.8. The summed E-state index contributed by atoms with van der Waals surface area (Å²) < 4.78 is 0. The van der Waals surface area contributed by atoms with Crippen LogP contribution in [0.25, 0.3) is 0 Å². The summed E-state index contributed by atoms with van der Waals surface area (Å²) in [5.74, 6) is 0.113. The van der Waals surface area contributed by atoms with Gasteiger partial charge in [0.15, 0.2) is 0 Å². The topological polar surface area (TPSA) is 41.1 Å². The van der Waals surface area contributed by atoms with Crippen LogP contribution in [0.15, 0.2) is 18.2 Å². The van der Waals surface area contributed by atoms with Crippen LogP contribution in [-0.4, -0.2) is 29.5 Å². The molecule has 0 bridgehead atoms. The standard InChI is InChI=1S/C16H24N2OS/c1-11-4-5-12(2)15(10-11)18-16(19)13(3)20-14-6-8-17-9-7-14/h4-5,10,13-14,17H,6-9H2,1-3H3,(H,18,19). The van der Waals surface area contributed by atoms with E-state index in [1.165, 1.54) is 5.56 Å². The molecule has 2 rings (SSSR count). The Kier molecular flexibility index (Phi) is 5.49. The quantitative estimate of drug-likeness (QED) is 0.896. The van der Waals surface area contributed by atoms with E-state index in [1.54, 1.807) is 11.8 Å². The number of hydrogen-bond acceptors (Lipinski definition) is 3. The van der Waals surface area contributed by atoms with Crippen LogP contribution in [0.1, 0.15) is 30.9 Å². The number of benzene rings is 1. The van der Waals surface area contributed by atoms with Crippen LogP contribution in [0.5, 0.6) is 0 Å². The minimum atomic E-state index is -0.00184. The van der Waals surface area contributed by atoms with E-state index < -0.39 is 0 Å². The molecule has 0 spiro atoms. The minimum Gasteiger partial charge on any atom is -0.325 e. The maximum absolute atomic E-state index is 12.3. The van der Waals surface area contributed by atoms with Gasteiger partial charge in [-0.1, -0.05) is 12.1 Å². The van der Waals surface area contributed by atoms with Gasteiger partial charge in [0.1, 0.15) is 0 Å². The van der Waals surface area contributed by atoms with Gasteiger partial charge in [-0.15, -0.1) is 11.8 Å². The molecule has 0 saturated carbocycles. The predicted octanol–water partition coefficient (Wildman–Crippen LogP) is 3.12. The Morgan fingerprint density at radius 3 is 2.75 bits per heavy atom. The van der Waals surface area contributed by atoms with Gasteiger partial charge in [0.25, 0.3) is 0 Å². The fourth-order valence-corrected chi connectivity index (χ4v) is 3.65. The van der Waals surface area contributed by atoms with E-state index >= 15 is 0 Å². The zero-order valence-corrected chi connectivity index (χ0v) is 13.3. The third-order valence-corrected chi connectivity index (χ3v) is 5.18. The largest absolute Gasteiger partial charge is 0.325 e. The summed E-state index contributed by atoms with van der Waals surface area (Å²) in [6, 6.07) is 6.16. The highest BCUT2D eigenvalue weighted by Crippen LogP contribution is 2.26. The zero-order valence-electron chi connectivity index (χ0n) is 12.5. The summed E-state index contributed by atoms with van der Waals surface area (Å²) in [4.78, 5) is 12.3. The summed E-state index contributed by atoms with van der Waals surface area (Å²) in [7, 11) is 0. The molecular weight excluding hydrogens is 268 g/mol. The van der Waals surface area contributed by atoms with Gasteiger partial charge in [0.2, 0.25) is 5.91 Å². The molecule has 1 amide bonds. The van der Waals surface area contributed by atoms with Crippen molar-refractivity contribution in [2.24, 2.45) is 0 Å². The molecule has 20 heavy (non-hydrogen) atoms. The van der Waals surface area contributed by atoms with Gasteiger partial charge < -0.3 is 10.6 Å². The van der Waals surface area contributed by atoms with Crippen LogP contribution >= 0.6 is 11.8 Å². The van der Waals surface area contributed by atoms with Crippen molar-refractivity contribution >= 4 is 23.4 Å². The highest BCUT2D eigenvalue weighted by Gasteiger charge is 2.21. The van der Waals surface area contributed by atoms with Crippen molar-refractivity contribution < 1.29 is 4.79 Å². The van der Waals surface area contributed by atoms with Gasteiger partial charge in [-0.2, -0.15) is 0 Å². The smallest absolute Gasteiger partial charge is 0.237 e. The molecule has 110 valence electrons. The van der Waals surface area contributed by atoms with Crippen LogP contribution in [0.2, 0.25) is 0 Å². The molecule has 1 fully saturated rings. The average molecular weight is 292 g/mol. The van der Waals surface area contributed by atoms with Crippen molar-refractivity contribution in [3.63, 3.8) is 0 Å². The van der Waals surface area contributed by atoms with E-state index in [0.29, 0.717) is 5.25 Å². The third-order valence-electron chi connectivity index (χ3n) is 3.70. The number of nitrogens with one attached hydrogen (secondary N) is 2. The van der Waals surface area contributed by atoms with Crippen LogP contribution in [0.3, 0.4) is 0 Å². The van der Waals surface area contributed by atoms with Crippen molar-refractivity contribution in [3.05, 3.63) is 29.3 Å². The summed E-state index contributed by atoms with van der Waals surface area (Å²) in [5, 5.41) is 7.03. The first-order chi connectivity index (χ1) is 9.56. The number of anilines is 1. The Labute approximate surface area is 125 Å².